The third-order valence-electron chi connectivity index (χ3n) is 2.59. The standard InChI is InChI=1S/C12H14O4/c1-8(12(13)14)9-2-4-10(5-3-9)15-6-11-7-16-11/h2-5,8,11H,6-7H2,1H3,(H,13,14). The van der Waals surface area contributed by atoms with Gasteiger partial charge in [-0.3, -0.25) is 4.79 Å². The number of carboxylic acids is 1. The maximum Gasteiger partial charge on any atom is 0.310 e. The molecule has 1 aliphatic rings. The minimum absolute atomic E-state index is 0.234. The molecule has 1 N–H and O–H groups in total. The summed E-state index contributed by atoms with van der Waals surface area (Å²) in [5, 5.41) is 8.84. The normalized spacial score (nSPS) is 20.2. The fourth-order valence-corrected chi connectivity index (χ4v) is 1.35. The quantitative estimate of drug-likeness (QED) is 0.769. The van der Waals surface area contributed by atoms with Crippen molar-refractivity contribution in [2.45, 2.75) is 18.9 Å². The lowest BCUT2D eigenvalue weighted by Gasteiger charge is -2.08. The molecule has 2 rings (SSSR count). The second kappa shape index (κ2) is 4.53. The average Bonchev–Trinajstić information content (AvgIpc) is 3.10. The van der Waals surface area contributed by atoms with Gasteiger partial charge in [-0.05, 0) is 24.6 Å². The van der Waals surface area contributed by atoms with Crippen LogP contribution in [-0.4, -0.2) is 30.4 Å². The fraction of sp³-hybridized carbons (Fsp3) is 0.417. The van der Waals surface area contributed by atoms with E-state index in [1.807, 2.05) is 0 Å². The molecule has 0 bridgehead atoms. The number of carboxylic acid groups (broad SMARTS) is 1. The zero-order chi connectivity index (χ0) is 11.5. The molecule has 16 heavy (non-hydrogen) atoms. The third-order valence-corrected chi connectivity index (χ3v) is 2.59. The summed E-state index contributed by atoms with van der Waals surface area (Å²) in [7, 11) is 0. The van der Waals surface area contributed by atoms with E-state index in [1.54, 1.807) is 31.2 Å². The van der Waals surface area contributed by atoms with Crippen molar-refractivity contribution in [1.29, 1.82) is 0 Å². The molecule has 4 heteroatoms. The van der Waals surface area contributed by atoms with Crippen molar-refractivity contribution in [2.24, 2.45) is 0 Å². The second-order valence-electron chi connectivity index (χ2n) is 3.90. The summed E-state index contributed by atoms with van der Waals surface area (Å²) in [6, 6.07) is 7.14. The van der Waals surface area contributed by atoms with Gasteiger partial charge < -0.3 is 14.6 Å². The molecule has 1 aromatic carbocycles. The molecule has 1 aliphatic heterocycles. The van der Waals surface area contributed by atoms with Gasteiger partial charge >= 0.3 is 5.97 Å². The van der Waals surface area contributed by atoms with Gasteiger partial charge in [-0.1, -0.05) is 12.1 Å². The van der Waals surface area contributed by atoms with Crippen molar-refractivity contribution >= 4 is 5.97 Å². The van der Waals surface area contributed by atoms with Gasteiger partial charge in [-0.15, -0.1) is 0 Å². The summed E-state index contributed by atoms with van der Waals surface area (Å²) in [6.07, 6.45) is 0.234. The minimum atomic E-state index is -0.819. The van der Waals surface area contributed by atoms with Gasteiger partial charge in [0, 0.05) is 0 Å². The predicted molar refractivity (Wildman–Crippen MR) is 57.7 cm³/mol. The highest BCUT2D eigenvalue weighted by Gasteiger charge is 2.23. The third kappa shape index (κ3) is 2.73. The Morgan fingerprint density at radius 3 is 2.69 bits per heavy atom. The molecule has 2 unspecified atom stereocenters. The van der Waals surface area contributed by atoms with Crippen LogP contribution in [0.4, 0.5) is 0 Å². The molecule has 1 fully saturated rings. The molecule has 0 radical (unpaired) electrons. The SMILES string of the molecule is CC(C(=O)O)c1ccc(OCC2CO2)cc1. The monoisotopic (exact) mass is 222 g/mol. The van der Waals surface area contributed by atoms with Gasteiger partial charge in [0.05, 0.1) is 12.5 Å². The molecule has 0 amide bonds. The molecule has 2 atom stereocenters. The van der Waals surface area contributed by atoms with Gasteiger partial charge in [0.1, 0.15) is 18.5 Å². The van der Waals surface area contributed by atoms with E-state index in [1.165, 1.54) is 0 Å². The average molecular weight is 222 g/mol. The van der Waals surface area contributed by atoms with Crippen molar-refractivity contribution in [3.05, 3.63) is 29.8 Å². The van der Waals surface area contributed by atoms with E-state index in [2.05, 4.69) is 0 Å². The Balaban J connectivity index is 1.94. The summed E-state index contributed by atoms with van der Waals surface area (Å²) in [4.78, 5) is 10.8. The van der Waals surface area contributed by atoms with Crippen LogP contribution in [0, 0.1) is 0 Å². The van der Waals surface area contributed by atoms with E-state index >= 15 is 0 Å². The Morgan fingerprint density at radius 2 is 2.19 bits per heavy atom. The molecule has 4 nitrogen and oxygen atoms in total. The number of aliphatic carboxylic acids is 1. The van der Waals surface area contributed by atoms with E-state index in [4.69, 9.17) is 14.6 Å². The Bertz CT molecular complexity index is 367. The maximum atomic E-state index is 10.8. The van der Waals surface area contributed by atoms with E-state index in [9.17, 15) is 4.79 Å². The number of carbonyl (C=O) groups is 1. The Hall–Kier alpha value is -1.55. The Morgan fingerprint density at radius 1 is 1.56 bits per heavy atom. The zero-order valence-corrected chi connectivity index (χ0v) is 9.05. The lowest BCUT2D eigenvalue weighted by Crippen LogP contribution is -2.07. The molecule has 86 valence electrons. The second-order valence-corrected chi connectivity index (χ2v) is 3.90. The number of hydrogen-bond donors (Lipinski definition) is 1. The van der Waals surface area contributed by atoms with Crippen molar-refractivity contribution in [1.82, 2.24) is 0 Å². The maximum absolute atomic E-state index is 10.8. The first kappa shape index (κ1) is 11.0. The summed E-state index contributed by atoms with van der Waals surface area (Å²) >= 11 is 0. The van der Waals surface area contributed by atoms with E-state index in [-0.39, 0.29) is 6.10 Å². The Kier molecular flexibility index (Phi) is 3.10. The first-order valence-electron chi connectivity index (χ1n) is 5.24. The number of rotatable bonds is 5. The van der Waals surface area contributed by atoms with Crippen molar-refractivity contribution in [2.75, 3.05) is 13.2 Å². The number of benzene rings is 1. The van der Waals surface area contributed by atoms with Crippen LogP contribution in [0.15, 0.2) is 24.3 Å². The molecule has 0 aromatic heterocycles. The topological polar surface area (TPSA) is 59.1 Å². The van der Waals surface area contributed by atoms with Gasteiger partial charge in [0.25, 0.3) is 0 Å². The van der Waals surface area contributed by atoms with Crippen molar-refractivity contribution in [3.8, 4) is 5.75 Å². The van der Waals surface area contributed by atoms with E-state index < -0.39 is 11.9 Å². The number of hydrogen-bond acceptors (Lipinski definition) is 3. The van der Waals surface area contributed by atoms with Crippen LogP contribution in [-0.2, 0) is 9.53 Å². The van der Waals surface area contributed by atoms with Crippen LogP contribution in [0.2, 0.25) is 0 Å². The highest BCUT2D eigenvalue weighted by atomic mass is 16.6. The lowest BCUT2D eigenvalue weighted by atomic mass is 10.0. The van der Waals surface area contributed by atoms with Crippen LogP contribution >= 0.6 is 0 Å². The molecule has 1 aromatic rings. The molecule has 1 heterocycles. The summed E-state index contributed by atoms with van der Waals surface area (Å²) in [5.74, 6) is -0.558. The Labute approximate surface area is 93.8 Å². The van der Waals surface area contributed by atoms with Gasteiger partial charge in [-0.25, -0.2) is 0 Å². The van der Waals surface area contributed by atoms with Crippen LogP contribution in [0.3, 0.4) is 0 Å². The molecule has 0 spiro atoms. The van der Waals surface area contributed by atoms with Crippen molar-refractivity contribution < 1.29 is 19.4 Å². The first-order chi connectivity index (χ1) is 7.66. The predicted octanol–water partition coefficient (Wildman–Crippen LogP) is 1.65. The fourth-order valence-electron chi connectivity index (χ4n) is 1.35. The highest BCUT2D eigenvalue weighted by Crippen LogP contribution is 2.20. The van der Waals surface area contributed by atoms with E-state index in [0.29, 0.717) is 6.61 Å². The van der Waals surface area contributed by atoms with E-state index in [0.717, 1.165) is 17.9 Å². The first-order valence-corrected chi connectivity index (χ1v) is 5.24. The van der Waals surface area contributed by atoms with Crippen LogP contribution in [0.25, 0.3) is 0 Å². The lowest BCUT2D eigenvalue weighted by molar-refractivity contribution is -0.138. The summed E-state index contributed by atoms with van der Waals surface area (Å²) < 4.78 is 10.5. The van der Waals surface area contributed by atoms with Crippen LogP contribution < -0.4 is 4.74 Å². The number of epoxide rings is 1. The molecule has 1 saturated heterocycles. The zero-order valence-electron chi connectivity index (χ0n) is 9.05. The molecular weight excluding hydrogens is 208 g/mol. The highest BCUT2D eigenvalue weighted by molar-refractivity contribution is 5.75. The summed E-state index contributed by atoms with van der Waals surface area (Å²) in [6.45, 7) is 3.00. The van der Waals surface area contributed by atoms with Gasteiger partial charge in [0.2, 0.25) is 0 Å². The smallest absolute Gasteiger partial charge is 0.310 e. The number of ether oxygens (including phenoxy) is 2. The largest absolute Gasteiger partial charge is 0.491 e. The minimum Gasteiger partial charge on any atom is -0.491 e. The van der Waals surface area contributed by atoms with Gasteiger partial charge in [-0.2, -0.15) is 0 Å². The molecular formula is C12H14O4. The molecule has 0 aliphatic carbocycles. The van der Waals surface area contributed by atoms with Crippen LogP contribution in [0.5, 0.6) is 5.75 Å². The van der Waals surface area contributed by atoms with Crippen molar-refractivity contribution in [3.63, 3.8) is 0 Å². The summed E-state index contributed by atoms with van der Waals surface area (Å²) in [5.41, 5.74) is 0.780. The van der Waals surface area contributed by atoms with Gasteiger partial charge in [0.15, 0.2) is 0 Å². The molecule has 0 saturated carbocycles. The van der Waals surface area contributed by atoms with Crippen LogP contribution in [0.1, 0.15) is 18.4 Å².